The molecule has 0 unspecified atom stereocenters. The third kappa shape index (κ3) is 2.23. The summed E-state index contributed by atoms with van der Waals surface area (Å²) in [5, 5.41) is 2.71. The lowest BCUT2D eigenvalue weighted by Crippen LogP contribution is -2.52. The molecule has 2 amide bonds. The number of rotatable bonds is 2. The second-order valence-corrected chi connectivity index (χ2v) is 4.80. The van der Waals surface area contributed by atoms with Crippen molar-refractivity contribution in [1.29, 1.82) is 0 Å². The highest BCUT2D eigenvalue weighted by atomic mass is 19.1. The molecular formula is C12H14FN3O. The Bertz CT molecular complexity index is 424. The number of urea groups is 1. The zero-order valence-electron chi connectivity index (χ0n) is 9.40. The molecule has 2 aliphatic rings. The molecule has 1 aromatic heterocycles. The lowest BCUT2D eigenvalue weighted by atomic mass is 9.95. The van der Waals surface area contributed by atoms with Gasteiger partial charge in [-0.3, -0.25) is 0 Å². The Morgan fingerprint density at radius 1 is 1.35 bits per heavy atom. The summed E-state index contributed by atoms with van der Waals surface area (Å²) in [6.07, 6.45) is 3.97. The van der Waals surface area contributed by atoms with Crippen molar-refractivity contribution in [3.63, 3.8) is 0 Å². The predicted octanol–water partition coefficient (Wildman–Crippen LogP) is 2.09. The number of likely N-dealkylation sites (tertiary alicyclic amines) is 1. The minimum Gasteiger partial charge on any atom is -0.324 e. The van der Waals surface area contributed by atoms with Crippen LogP contribution in [0.15, 0.2) is 18.3 Å². The summed E-state index contributed by atoms with van der Waals surface area (Å²) in [7, 11) is 0. The first-order valence-electron chi connectivity index (χ1n) is 5.90. The molecule has 1 N–H and O–H groups in total. The van der Waals surface area contributed by atoms with Gasteiger partial charge in [0, 0.05) is 13.1 Å². The van der Waals surface area contributed by atoms with E-state index in [1.165, 1.54) is 31.2 Å². The molecule has 0 spiro atoms. The number of hydrogen-bond acceptors (Lipinski definition) is 2. The summed E-state index contributed by atoms with van der Waals surface area (Å²) in [5.74, 6) is 1.01. The van der Waals surface area contributed by atoms with Crippen LogP contribution in [0.5, 0.6) is 0 Å². The predicted molar refractivity (Wildman–Crippen MR) is 61.0 cm³/mol. The van der Waals surface area contributed by atoms with E-state index in [1.54, 1.807) is 4.90 Å². The summed E-state index contributed by atoms with van der Waals surface area (Å²) >= 11 is 0. The van der Waals surface area contributed by atoms with E-state index in [4.69, 9.17) is 0 Å². The fourth-order valence-corrected chi connectivity index (χ4v) is 2.20. The second-order valence-electron chi connectivity index (χ2n) is 4.80. The quantitative estimate of drug-likeness (QED) is 0.798. The lowest BCUT2D eigenvalue weighted by molar-refractivity contribution is 0.118. The van der Waals surface area contributed by atoms with Gasteiger partial charge in [-0.05, 0) is 36.8 Å². The summed E-state index contributed by atoms with van der Waals surface area (Å²) in [6.45, 7) is 1.70. The average molecular weight is 235 g/mol. The van der Waals surface area contributed by atoms with Crippen LogP contribution in [0.4, 0.5) is 14.9 Å². The van der Waals surface area contributed by atoms with Crippen LogP contribution in [0.2, 0.25) is 0 Å². The maximum absolute atomic E-state index is 12.6. The van der Waals surface area contributed by atoms with E-state index < -0.39 is 5.95 Å². The molecule has 0 aromatic carbocycles. The third-order valence-electron chi connectivity index (χ3n) is 3.46. The standard InChI is InChI=1S/C12H14FN3O/c13-11-4-3-10(5-14-11)15-12(17)16-6-9(7-16)8-1-2-8/h3-5,8-9H,1-2,6-7H2,(H,15,17). The zero-order chi connectivity index (χ0) is 11.8. The summed E-state index contributed by atoms with van der Waals surface area (Å²) < 4.78 is 12.6. The molecule has 17 heavy (non-hydrogen) atoms. The number of anilines is 1. The molecular weight excluding hydrogens is 221 g/mol. The topological polar surface area (TPSA) is 45.2 Å². The minimum atomic E-state index is -0.541. The van der Waals surface area contributed by atoms with Crippen molar-refractivity contribution in [2.45, 2.75) is 12.8 Å². The highest BCUT2D eigenvalue weighted by molar-refractivity contribution is 5.89. The zero-order valence-corrected chi connectivity index (χ0v) is 9.40. The minimum absolute atomic E-state index is 0.115. The SMILES string of the molecule is O=C(Nc1ccc(F)nc1)N1CC(C2CC2)C1. The first-order chi connectivity index (χ1) is 8.22. The van der Waals surface area contributed by atoms with Gasteiger partial charge in [0.1, 0.15) is 0 Å². The first-order valence-corrected chi connectivity index (χ1v) is 5.90. The molecule has 5 heteroatoms. The van der Waals surface area contributed by atoms with Crippen LogP contribution in [0.1, 0.15) is 12.8 Å². The maximum atomic E-state index is 12.6. The molecule has 2 heterocycles. The van der Waals surface area contributed by atoms with E-state index >= 15 is 0 Å². The van der Waals surface area contributed by atoms with Crippen LogP contribution in [0.3, 0.4) is 0 Å². The first kappa shape index (κ1) is 10.5. The number of pyridine rings is 1. The summed E-state index contributed by atoms with van der Waals surface area (Å²) in [5.41, 5.74) is 0.534. The number of hydrogen-bond donors (Lipinski definition) is 1. The molecule has 1 saturated carbocycles. The summed E-state index contributed by atoms with van der Waals surface area (Å²) in [4.78, 5) is 17.0. The van der Waals surface area contributed by atoms with Crippen LogP contribution in [0.25, 0.3) is 0 Å². The number of aromatic nitrogens is 1. The Morgan fingerprint density at radius 2 is 2.12 bits per heavy atom. The van der Waals surface area contributed by atoms with Crippen molar-refractivity contribution in [2.75, 3.05) is 18.4 Å². The van der Waals surface area contributed by atoms with E-state index in [0.717, 1.165) is 19.0 Å². The van der Waals surface area contributed by atoms with Crippen LogP contribution in [-0.4, -0.2) is 29.0 Å². The molecule has 3 rings (SSSR count). The second kappa shape index (κ2) is 3.98. The van der Waals surface area contributed by atoms with Gasteiger partial charge >= 0.3 is 6.03 Å². The highest BCUT2D eigenvalue weighted by Crippen LogP contribution is 2.41. The Morgan fingerprint density at radius 3 is 2.71 bits per heavy atom. The van der Waals surface area contributed by atoms with Gasteiger partial charge in [0.25, 0.3) is 0 Å². The number of carbonyl (C=O) groups excluding carboxylic acids is 1. The van der Waals surface area contributed by atoms with E-state index in [1.807, 2.05) is 0 Å². The van der Waals surface area contributed by atoms with Gasteiger partial charge in [-0.25, -0.2) is 9.78 Å². The van der Waals surface area contributed by atoms with Gasteiger partial charge in [-0.2, -0.15) is 4.39 Å². The largest absolute Gasteiger partial charge is 0.324 e. The molecule has 1 aliphatic carbocycles. The van der Waals surface area contributed by atoms with Crippen molar-refractivity contribution < 1.29 is 9.18 Å². The Hall–Kier alpha value is -1.65. The van der Waals surface area contributed by atoms with Crippen molar-refractivity contribution in [3.05, 3.63) is 24.3 Å². The monoisotopic (exact) mass is 235 g/mol. The van der Waals surface area contributed by atoms with Crippen LogP contribution < -0.4 is 5.32 Å². The van der Waals surface area contributed by atoms with Crippen molar-refractivity contribution in [2.24, 2.45) is 11.8 Å². The molecule has 1 aliphatic heterocycles. The maximum Gasteiger partial charge on any atom is 0.321 e. The fraction of sp³-hybridized carbons (Fsp3) is 0.500. The number of nitrogens with one attached hydrogen (secondary N) is 1. The highest BCUT2D eigenvalue weighted by Gasteiger charge is 2.40. The molecule has 0 atom stereocenters. The van der Waals surface area contributed by atoms with Crippen molar-refractivity contribution in [1.82, 2.24) is 9.88 Å². The number of carbonyl (C=O) groups is 1. The molecule has 4 nitrogen and oxygen atoms in total. The van der Waals surface area contributed by atoms with Crippen LogP contribution in [-0.2, 0) is 0 Å². The van der Waals surface area contributed by atoms with Gasteiger partial charge in [-0.1, -0.05) is 0 Å². The van der Waals surface area contributed by atoms with Crippen molar-refractivity contribution in [3.8, 4) is 0 Å². The van der Waals surface area contributed by atoms with Crippen LogP contribution in [0, 0.1) is 17.8 Å². The van der Waals surface area contributed by atoms with Gasteiger partial charge in [-0.15, -0.1) is 0 Å². The molecule has 90 valence electrons. The number of nitrogens with zero attached hydrogens (tertiary/aromatic N) is 2. The Kier molecular flexibility index (Phi) is 2.46. The summed E-state index contributed by atoms with van der Waals surface area (Å²) in [6, 6.07) is 2.63. The fourth-order valence-electron chi connectivity index (χ4n) is 2.20. The van der Waals surface area contributed by atoms with E-state index in [2.05, 4.69) is 10.3 Å². The molecule has 1 saturated heterocycles. The number of amides is 2. The molecule has 1 aromatic rings. The third-order valence-corrected chi connectivity index (χ3v) is 3.46. The van der Waals surface area contributed by atoms with Gasteiger partial charge in [0.2, 0.25) is 5.95 Å². The normalized spacial score (nSPS) is 19.9. The molecule has 2 fully saturated rings. The molecule has 0 radical (unpaired) electrons. The number of halogens is 1. The van der Waals surface area contributed by atoms with E-state index in [-0.39, 0.29) is 6.03 Å². The average Bonchev–Trinajstić information content (AvgIpc) is 3.03. The smallest absolute Gasteiger partial charge is 0.321 e. The Labute approximate surface area is 98.8 Å². The lowest BCUT2D eigenvalue weighted by Gasteiger charge is -2.39. The van der Waals surface area contributed by atoms with Crippen LogP contribution >= 0.6 is 0 Å². The van der Waals surface area contributed by atoms with Crippen molar-refractivity contribution >= 4 is 11.7 Å². The van der Waals surface area contributed by atoms with Gasteiger partial charge < -0.3 is 10.2 Å². The van der Waals surface area contributed by atoms with Gasteiger partial charge in [0.05, 0.1) is 11.9 Å². The van der Waals surface area contributed by atoms with E-state index in [9.17, 15) is 9.18 Å². The van der Waals surface area contributed by atoms with Gasteiger partial charge in [0.15, 0.2) is 0 Å². The molecule has 0 bridgehead atoms. The van der Waals surface area contributed by atoms with E-state index in [0.29, 0.717) is 11.6 Å². The Balaban J connectivity index is 1.52.